The van der Waals surface area contributed by atoms with Crippen molar-refractivity contribution in [3.05, 3.63) is 30.1 Å². The van der Waals surface area contributed by atoms with Gasteiger partial charge in [0.1, 0.15) is 5.82 Å². The fourth-order valence-corrected chi connectivity index (χ4v) is 3.04. The molecule has 0 atom stereocenters. The van der Waals surface area contributed by atoms with E-state index in [1.54, 1.807) is 12.1 Å². The number of rotatable bonds is 6. The van der Waals surface area contributed by atoms with Crippen LogP contribution in [-0.2, 0) is 4.79 Å². The number of hydrogen-bond donors (Lipinski definition) is 0. The molecule has 3 rings (SSSR count). The van der Waals surface area contributed by atoms with Crippen LogP contribution in [0.25, 0.3) is 0 Å². The molecule has 1 aromatic carbocycles. The number of nitrogens with zero attached hydrogens (tertiary/aromatic N) is 4. The highest BCUT2D eigenvalue weighted by Crippen LogP contribution is 2.37. The molecular weight excluding hydrogens is 307 g/mol. The molecule has 2 aliphatic rings. The number of carbonyl (C=O) groups is 1. The van der Waals surface area contributed by atoms with Crippen LogP contribution in [0.1, 0.15) is 25.7 Å². The van der Waals surface area contributed by atoms with Crippen LogP contribution in [0.3, 0.4) is 0 Å². The molecular formula is C18H21FN4O. The van der Waals surface area contributed by atoms with Gasteiger partial charge in [-0.05, 0) is 12.1 Å². The first kappa shape index (κ1) is 16.4. The summed E-state index contributed by atoms with van der Waals surface area (Å²) in [4.78, 5) is 16.2. The molecule has 6 heteroatoms. The number of carbonyl (C=O) groups excluding carboxylic acids is 1. The summed E-state index contributed by atoms with van der Waals surface area (Å²) in [6, 6.07) is 6.75. The van der Waals surface area contributed by atoms with Gasteiger partial charge in [0.05, 0.1) is 5.69 Å². The van der Waals surface area contributed by atoms with Gasteiger partial charge in [-0.1, -0.05) is 12.1 Å². The van der Waals surface area contributed by atoms with Crippen LogP contribution in [0.5, 0.6) is 0 Å². The van der Waals surface area contributed by atoms with Crippen LogP contribution in [0.15, 0.2) is 34.5 Å². The van der Waals surface area contributed by atoms with Crippen molar-refractivity contribution in [2.75, 3.05) is 31.1 Å². The maximum atomic E-state index is 13.8. The molecule has 24 heavy (non-hydrogen) atoms. The zero-order valence-corrected chi connectivity index (χ0v) is 13.6. The molecule has 2 heterocycles. The summed E-state index contributed by atoms with van der Waals surface area (Å²) in [7, 11) is 0. The van der Waals surface area contributed by atoms with Gasteiger partial charge in [0, 0.05) is 51.9 Å². The van der Waals surface area contributed by atoms with Crippen molar-refractivity contribution in [3.63, 3.8) is 0 Å². The van der Waals surface area contributed by atoms with Crippen LogP contribution >= 0.6 is 0 Å². The summed E-state index contributed by atoms with van der Waals surface area (Å²) >= 11 is 0. The van der Waals surface area contributed by atoms with Gasteiger partial charge in [-0.3, -0.25) is 4.79 Å². The lowest BCUT2D eigenvalue weighted by molar-refractivity contribution is -0.131. The van der Waals surface area contributed by atoms with Crippen molar-refractivity contribution in [3.8, 4) is 12.3 Å². The number of para-hydroxylation sites is 1. The Hall–Kier alpha value is -2.42. The van der Waals surface area contributed by atoms with Gasteiger partial charge in [0.25, 0.3) is 0 Å². The third kappa shape index (κ3) is 3.73. The normalized spacial score (nSPS) is 18.3. The van der Waals surface area contributed by atoms with Crippen LogP contribution in [0.4, 0.5) is 10.1 Å². The number of anilines is 1. The summed E-state index contributed by atoms with van der Waals surface area (Å²) in [6.45, 7) is 2.50. The van der Waals surface area contributed by atoms with Gasteiger partial charge >= 0.3 is 0 Å². The minimum atomic E-state index is -0.406. The van der Waals surface area contributed by atoms with Crippen LogP contribution in [-0.4, -0.2) is 42.6 Å². The molecule has 0 aromatic heterocycles. The van der Waals surface area contributed by atoms with E-state index in [0.29, 0.717) is 51.1 Å². The van der Waals surface area contributed by atoms with Crippen molar-refractivity contribution in [1.29, 1.82) is 0 Å². The topological polar surface area (TPSA) is 48.3 Å². The van der Waals surface area contributed by atoms with Crippen molar-refractivity contribution in [2.24, 2.45) is 10.2 Å². The molecule has 2 aliphatic heterocycles. The Labute approximate surface area is 141 Å². The Morgan fingerprint density at radius 2 is 1.92 bits per heavy atom. The summed E-state index contributed by atoms with van der Waals surface area (Å²) in [5.74, 6) is 2.48. The van der Waals surface area contributed by atoms with E-state index in [-0.39, 0.29) is 11.7 Å². The second-order valence-electron chi connectivity index (χ2n) is 6.21. The fraction of sp³-hybridized carbons (Fsp3) is 0.500. The molecule has 0 N–H and O–H groups in total. The van der Waals surface area contributed by atoms with E-state index in [2.05, 4.69) is 16.1 Å². The summed E-state index contributed by atoms with van der Waals surface area (Å²) in [5.41, 5.74) is 0.199. The number of piperazine rings is 1. The Kier molecular flexibility index (Phi) is 4.79. The standard InChI is InChI=1S/C18H21FN4O/c1-2-3-9-18(20-21-18)10-8-17(24)23-13-11-22(12-14-23)16-7-5-4-6-15(16)19/h1,4-7H,3,8-14H2. The van der Waals surface area contributed by atoms with Gasteiger partial charge in [-0.25, -0.2) is 4.39 Å². The number of amides is 1. The predicted octanol–water partition coefficient (Wildman–Crippen LogP) is 2.83. The van der Waals surface area contributed by atoms with Crippen LogP contribution in [0, 0.1) is 18.2 Å². The Morgan fingerprint density at radius 3 is 2.54 bits per heavy atom. The number of halogens is 1. The monoisotopic (exact) mass is 328 g/mol. The zero-order valence-electron chi connectivity index (χ0n) is 13.6. The van der Waals surface area contributed by atoms with E-state index in [1.807, 2.05) is 15.9 Å². The number of hydrogen-bond acceptors (Lipinski definition) is 4. The molecule has 0 unspecified atom stereocenters. The lowest BCUT2D eigenvalue weighted by atomic mass is 10.0. The Bertz CT molecular complexity index is 668. The molecule has 0 aliphatic carbocycles. The SMILES string of the molecule is C#CCCC1(CCC(=O)N2CCN(c3ccccc3F)CC2)N=N1. The maximum Gasteiger partial charge on any atom is 0.222 e. The Balaban J connectivity index is 1.46. The second kappa shape index (κ2) is 7.00. The zero-order chi connectivity index (χ0) is 17.0. The molecule has 0 radical (unpaired) electrons. The summed E-state index contributed by atoms with van der Waals surface area (Å²) in [6.07, 6.45) is 7.67. The van der Waals surface area contributed by atoms with E-state index in [0.717, 1.165) is 6.42 Å². The molecule has 0 bridgehead atoms. The molecule has 1 aromatic rings. The summed E-state index contributed by atoms with van der Waals surface area (Å²) < 4.78 is 13.8. The first-order valence-electron chi connectivity index (χ1n) is 8.28. The van der Waals surface area contributed by atoms with Gasteiger partial charge in [0.15, 0.2) is 5.66 Å². The average molecular weight is 328 g/mol. The molecule has 1 fully saturated rings. The van der Waals surface area contributed by atoms with Gasteiger partial charge in [-0.2, -0.15) is 10.2 Å². The Morgan fingerprint density at radius 1 is 1.21 bits per heavy atom. The molecule has 0 saturated carbocycles. The smallest absolute Gasteiger partial charge is 0.222 e. The number of benzene rings is 1. The quantitative estimate of drug-likeness (QED) is 0.754. The summed E-state index contributed by atoms with van der Waals surface area (Å²) in [5, 5.41) is 8.12. The van der Waals surface area contributed by atoms with Crippen LogP contribution in [0.2, 0.25) is 0 Å². The largest absolute Gasteiger partial charge is 0.366 e. The minimum absolute atomic E-state index is 0.112. The fourth-order valence-electron chi connectivity index (χ4n) is 3.04. The van der Waals surface area contributed by atoms with E-state index in [1.165, 1.54) is 6.07 Å². The van der Waals surface area contributed by atoms with Gasteiger partial charge in [-0.15, -0.1) is 12.3 Å². The third-order valence-corrected chi connectivity index (χ3v) is 4.62. The maximum absolute atomic E-state index is 13.8. The first-order valence-corrected chi connectivity index (χ1v) is 8.28. The van der Waals surface area contributed by atoms with E-state index < -0.39 is 5.66 Å². The molecule has 1 amide bonds. The third-order valence-electron chi connectivity index (χ3n) is 4.62. The molecule has 0 spiro atoms. The van der Waals surface area contributed by atoms with E-state index in [9.17, 15) is 9.18 Å². The molecule has 1 saturated heterocycles. The van der Waals surface area contributed by atoms with Crippen molar-refractivity contribution >= 4 is 11.6 Å². The van der Waals surface area contributed by atoms with Crippen LogP contribution < -0.4 is 4.90 Å². The minimum Gasteiger partial charge on any atom is -0.366 e. The van der Waals surface area contributed by atoms with E-state index in [4.69, 9.17) is 6.42 Å². The lowest BCUT2D eigenvalue weighted by Gasteiger charge is -2.36. The highest BCUT2D eigenvalue weighted by atomic mass is 19.1. The first-order chi connectivity index (χ1) is 11.6. The van der Waals surface area contributed by atoms with Gasteiger partial charge < -0.3 is 9.80 Å². The molecule has 5 nitrogen and oxygen atoms in total. The van der Waals surface area contributed by atoms with Crippen molar-refractivity contribution in [2.45, 2.75) is 31.3 Å². The highest BCUT2D eigenvalue weighted by molar-refractivity contribution is 5.76. The average Bonchev–Trinajstić information content (AvgIpc) is 3.39. The number of terminal acetylenes is 1. The van der Waals surface area contributed by atoms with E-state index >= 15 is 0 Å². The second-order valence-corrected chi connectivity index (χ2v) is 6.21. The van der Waals surface area contributed by atoms with Crippen molar-refractivity contribution < 1.29 is 9.18 Å². The van der Waals surface area contributed by atoms with Crippen molar-refractivity contribution in [1.82, 2.24) is 4.90 Å². The van der Waals surface area contributed by atoms with Gasteiger partial charge in [0.2, 0.25) is 5.91 Å². The highest BCUT2D eigenvalue weighted by Gasteiger charge is 2.39. The molecule has 126 valence electrons. The lowest BCUT2D eigenvalue weighted by Crippen LogP contribution is -2.49. The predicted molar refractivity (Wildman–Crippen MR) is 90.1 cm³/mol.